The minimum atomic E-state index is -3.99. The maximum absolute atomic E-state index is 11.2. The predicted molar refractivity (Wildman–Crippen MR) is 77.6 cm³/mol. The first-order valence-electron chi connectivity index (χ1n) is 6.07. The van der Waals surface area contributed by atoms with Gasteiger partial charge in [-0.15, -0.1) is 0 Å². The second-order valence-electron chi connectivity index (χ2n) is 4.96. The van der Waals surface area contributed by atoms with Crippen molar-refractivity contribution in [3.63, 3.8) is 0 Å². The van der Waals surface area contributed by atoms with Crippen molar-refractivity contribution < 1.29 is 27.8 Å². The molecule has 1 aromatic rings. The van der Waals surface area contributed by atoms with E-state index in [4.69, 9.17) is 25.3 Å². The van der Waals surface area contributed by atoms with Gasteiger partial charge >= 0.3 is 5.97 Å². The first-order chi connectivity index (χ1) is 9.57. The zero-order valence-corrected chi connectivity index (χ0v) is 13.5. The molecule has 6 nitrogen and oxygen atoms in total. The van der Waals surface area contributed by atoms with Crippen LogP contribution in [0.2, 0.25) is 0 Å². The molecule has 0 unspecified atom stereocenters. The van der Waals surface area contributed by atoms with E-state index in [-0.39, 0.29) is 22.8 Å². The van der Waals surface area contributed by atoms with Gasteiger partial charge in [-0.25, -0.2) is 13.2 Å². The van der Waals surface area contributed by atoms with E-state index in [1.165, 1.54) is 12.1 Å². The summed E-state index contributed by atoms with van der Waals surface area (Å²) >= 11 is 0. The van der Waals surface area contributed by atoms with Gasteiger partial charge in [0.1, 0.15) is 11.3 Å². The molecule has 0 saturated carbocycles. The number of aromatic carboxylic acids is 1. The van der Waals surface area contributed by atoms with Gasteiger partial charge in [0, 0.05) is 24.2 Å². The number of hydrogen-bond donors (Lipinski definition) is 1. The molecule has 0 fully saturated rings. The fraction of sp³-hybridized carbons (Fsp3) is 0.462. The van der Waals surface area contributed by atoms with E-state index in [1.807, 2.05) is 13.8 Å². The Hall–Kier alpha value is -1.31. The molecule has 0 amide bonds. The molecule has 0 aliphatic rings. The lowest BCUT2D eigenvalue weighted by molar-refractivity contribution is 0.00537. The van der Waals surface area contributed by atoms with Crippen LogP contribution in [0, 0.1) is 0 Å². The van der Waals surface area contributed by atoms with Crippen molar-refractivity contribution in [2.24, 2.45) is 0 Å². The van der Waals surface area contributed by atoms with Gasteiger partial charge in [0.25, 0.3) is 9.05 Å². The number of benzene rings is 1. The summed E-state index contributed by atoms with van der Waals surface area (Å²) in [6.45, 7) is 3.98. The summed E-state index contributed by atoms with van der Waals surface area (Å²) in [4.78, 5) is 10.9. The Morgan fingerprint density at radius 1 is 1.38 bits per heavy atom. The Morgan fingerprint density at radius 2 is 2.00 bits per heavy atom. The van der Waals surface area contributed by atoms with Crippen LogP contribution in [0.3, 0.4) is 0 Å². The van der Waals surface area contributed by atoms with Gasteiger partial charge in [-0.05, 0) is 32.0 Å². The highest BCUT2D eigenvalue weighted by atomic mass is 35.7. The molecular formula is C13H17ClO6S. The average Bonchev–Trinajstić information content (AvgIpc) is 2.37. The van der Waals surface area contributed by atoms with Crippen LogP contribution in [0.1, 0.15) is 30.6 Å². The lowest BCUT2D eigenvalue weighted by Gasteiger charge is -2.22. The molecule has 1 N–H and O–H groups in total. The Labute approximate surface area is 128 Å². The summed E-state index contributed by atoms with van der Waals surface area (Å²) in [7, 11) is 2.77. The quantitative estimate of drug-likeness (QED) is 0.769. The van der Waals surface area contributed by atoms with Crippen LogP contribution >= 0.6 is 10.7 Å². The topological polar surface area (TPSA) is 89.9 Å². The van der Waals surface area contributed by atoms with Crippen molar-refractivity contribution in [2.45, 2.75) is 30.8 Å². The number of ether oxygens (including phenoxy) is 2. The molecule has 118 valence electrons. The molecule has 0 saturated heterocycles. The zero-order valence-electron chi connectivity index (χ0n) is 11.9. The fourth-order valence-electron chi connectivity index (χ4n) is 1.46. The average molecular weight is 337 g/mol. The van der Waals surface area contributed by atoms with Crippen LogP contribution in [0.25, 0.3) is 0 Å². The first kappa shape index (κ1) is 17.7. The van der Waals surface area contributed by atoms with Crippen molar-refractivity contribution in [3.05, 3.63) is 23.8 Å². The number of carbonyl (C=O) groups is 1. The van der Waals surface area contributed by atoms with Crippen LogP contribution in [0.15, 0.2) is 23.1 Å². The molecule has 0 aliphatic carbocycles. The van der Waals surface area contributed by atoms with Gasteiger partial charge in [-0.2, -0.15) is 0 Å². The van der Waals surface area contributed by atoms with Crippen LogP contribution in [-0.4, -0.2) is 38.8 Å². The van der Waals surface area contributed by atoms with Crippen molar-refractivity contribution in [3.8, 4) is 5.75 Å². The Bertz CT molecular complexity index is 624. The standard InChI is InChI=1S/C13H17ClO6S/c1-13(2,19-3)6-7-20-11-5-4-9(21(14,17)18)8-10(11)12(15)16/h4-5,8H,6-7H2,1-3H3,(H,15,16). The molecular weight excluding hydrogens is 320 g/mol. The summed E-state index contributed by atoms with van der Waals surface area (Å²) < 4.78 is 33.1. The van der Waals surface area contributed by atoms with Crippen LogP contribution in [0.5, 0.6) is 5.75 Å². The molecule has 1 aromatic carbocycles. The first-order valence-corrected chi connectivity index (χ1v) is 8.38. The van der Waals surface area contributed by atoms with Crippen LogP contribution < -0.4 is 4.74 Å². The van der Waals surface area contributed by atoms with E-state index in [0.29, 0.717) is 6.42 Å². The van der Waals surface area contributed by atoms with Gasteiger partial charge in [0.05, 0.1) is 17.1 Å². The third kappa shape index (κ3) is 5.18. The molecule has 0 aliphatic heterocycles. The molecule has 0 spiro atoms. The highest BCUT2D eigenvalue weighted by Crippen LogP contribution is 2.25. The van der Waals surface area contributed by atoms with E-state index >= 15 is 0 Å². The van der Waals surface area contributed by atoms with E-state index in [9.17, 15) is 13.2 Å². The summed E-state index contributed by atoms with van der Waals surface area (Å²) in [5, 5.41) is 9.12. The van der Waals surface area contributed by atoms with Crippen LogP contribution in [0.4, 0.5) is 0 Å². The van der Waals surface area contributed by atoms with E-state index in [2.05, 4.69) is 0 Å². The van der Waals surface area contributed by atoms with E-state index in [0.717, 1.165) is 6.07 Å². The van der Waals surface area contributed by atoms with Crippen molar-refractivity contribution in [2.75, 3.05) is 13.7 Å². The molecule has 0 bridgehead atoms. The third-order valence-corrected chi connectivity index (χ3v) is 4.33. The second kappa shape index (κ2) is 6.64. The number of hydrogen-bond acceptors (Lipinski definition) is 5. The van der Waals surface area contributed by atoms with Gasteiger partial charge in [-0.3, -0.25) is 0 Å². The molecule has 0 atom stereocenters. The molecule has 1 rings (SSSR count). The molecule has 21 heavy (non-hydrogen) atoms. The van der Waals surface area contributed by atoms with Gasteiger partial charge in [0.15, 0.2) is 0 Å². The number of methoxy groups -OCH3 is 1. The minimum absolute atomic E-state index is 0.0819. The Balaban J connectivity index is 2.95. The van der Waals surface area contributed by atoms with Crippen LogP contribution in [-0.2, 0) is 13.8 Å². The van der Waals surface area contributed by atoms with Gasteiger partial charge in [-0.1, -0.05) is 0 Å². The van der Waals surface area contributed by atoms with Crippen molar-refractivity contribution in [1.29, 1.82) is 0 Å². The normalized spacial score (nSPS) is 12.2. The van der Waals surface area contributed by atoms with Crippen molar-refractivity contribution in [1.82, 2.24) is 0 Å². The second-order valence-corrected chi connectivity index (χ2v) is 7.53. The van der Waals surface area contributed by atoms with Gasteiger partial charge in [0.2, 0.25) is 0 Å². The summed E-state index contributed by atoms with van der Waals surface area (Å²) in [6.07, 6.45) is 0.540. The number of halogens is 1. The molecule has 0 aromatic heterocycles. The fourth-order valence-corrected chi connectivity index (χ4v) is 2.24. The third-order valence-electron chi connectivity index (χ3n) is 2.98. The smallest absolute Gasteiger partial charge is 0.339 e. The number of carboxylic acids is 1. The monoisotopic (exact) mass is 336 g/mol. The highest BCUT2D eigenvalue weighted by Gasteiger charge is 2.20. The highest BCUT2D eigenvalue weighted by molar-refractivity contribution is 8.13. The Kier molecular flexibility index (Phi) is 5.61. The SMILES string of the molecule is COC(C)(C)CCOc1ccc(S(=O)(=O)Cl)cc1C(=O)O. The summed E-state index contributed by atoms with van der Waals surface area (Å²) in [5.41, 5.74) is -0.657. The maximum Gasteiger partial charge on any atom is 0.339 e. The van der Waals surface area contributed by atoms with Gasteiger partial charge < -0.3 is 14.6 Å². The largest absolute Gasteiger partial charge is 0.493 e. The molecule has 8 heteroatoms. The number of rotatable bonds is 7. The minimum Gasteiger partial charge on any atom is -0.493 e. The molecule has 0 heterocycles. The van der Waals surface area contributed by atoms with E-state index < -0.39 is 20.6 Å². The molecule has 0 radical (unpaired) electrons. The van der Waals surface area contributed by atoms with Crippen molar-refractivity contribution >= 4 is 25.7 Å². The predicted octanol–water partition coefficient (Wildman–Crippen LogP) is 2.51. The zero-order chi connectivity index (χ0) is 16.3. The summed E-state index contributed by atoms with van der Waals surface area (Å²) in [5.74, 6) is -1.21. The van der Waals surface area contributed by atoms with E-state index in [1.54, 1.807) is 7.11 Å². The summed E-state index contributed by atoms with van der Waals surface area (Å²) in [6, 6.07) is 3.45. The Morgan fingerprint density at radius 3 is 2.48 bits per heavy atom. The lowest BCUT2D eigenvalue weighted by atomic mass is 10.1. The maximum atomic E-state index is 11.2. The lowest BCUT2D eigenvalue weighted by Crippen LogP contribution is -2.25. The number of carboxylic acid groups (broad SMARTS) is 1.